The van der Waals surface area contributed by atoms with E-state index in [1.807, 2.05) is 6.20 Å². The number of likely N-dealkylation sites (N-methyl/N-ethyl adjacent to an activating group) is 1. The summed E-state index contributed by atoms with van der Waals surface area (Å²) in [5.74, 6) is 0. The number of H-pyrrole nitrogens is 1. The Balaban J connectivity index is 2.11. The van der Waals surface area contributed by atoms with E-state index >= 15 is 0 Å². The highest BCUT2D eigenvalue weighted by Gasteiger charge is 2.22. The zero-order valence-electron chi connectivity index (χ0n) is 11.7. The Labute approximate surface area is 117 Å². The molecule has 1 aromatic carbocycles. The van der Waals surface area contributed by atoms with Gasteiger partial charge < -0.3 is 4.98 Å². The summed E-state index contributed by atoms with van der Waals surface area (Å²) >= 11 is 0. The van der Waals surface area contributed by atoms with Crippen LogP contribution in [0.3, 0.4) is 0 Å². The number of hydrogen-bond acceptors (Lipinski definition) is 2. The average molecular weight is 263 g/mol. The van der Waals surface area contributed by atoms with E-state index in [4.69, 9.17) is 0 Å². The first kappa shape index (κ1) is 11.7. The van der Waals surface area contributed by atoms with Crippen molar-refractivity contribution in [3.05, 3.63) is 53.9 Å². The van der Waals surface area contributed by atoms with Crippen LogP contribution >= 0.6 is 0 Å². The maximum atomic E-state index is 4.59. The standard InChI is InChI=1S/C17H17N3/c1-11-17-16(12-6-3-4-7-14(12)19-17)13(10-18-11)15-8-5-9-20(15)2/h3-8,10,15,19H,9H2,1-2H3. The van der Waals surface area contributed by atoms with Crippen molar-refractivity contribution in [2.24, 2.45) is 0 Å². The summed E-state index contributed by atoms with van der Waals surface area (Å²) in [6.45, 7) is 3.07. The van der Waals surface area contributed by atoms with Crippen LogP contribution in [0, 0.1) is 6.92 Å². The van der Waals surface area contributed by atoms with Crippen LogP contribution in [-0.2, 0) is 0 Å². The molecule has 0 bridgehead atoms. The molecule has 3 heteroatoms. The van der Waals surface area contributed by atoms with Crippen molar-refractivity contribution in [3.63, 3.8) is 0 Å². The predicted molar refractivity (Wildman–Crippen MR) is 82.8 cm³/mol. The lowest BCUT2D eigenvalue weighted by Crippen LogP contribution is -2.18. The van der Waals surface area contributed by atoms with Crippen molar-refractivity contribution in [1.29, 1.82) is 0 Å². The van der Waals surface area contributed by atoms with Crippen molar-refractivity contribution in [3.8, 4) is 0 Å². The van der Waals surface area contributed by atoms with Gasteiger partial charge in [0.05, 0.1) is 17.3 Å². The summed E-state index contributed by atoms with van der Waals surface area (Å²) in [4.78, 5) is 10.5. The molecule has 3 nitrogen and oxygen atoms in total. The molecular weight excluding hydrogens is 246 g/mol. The van der Waals surface area contributed by atoms with Crippen LogP contribution in [0.1, 0.15) is 17.3 Å². The first-order valence-electron chi connectivity index (χ1n) is 6.98. The molecule has 3 aromatic rings. The van der Waals surface area contributed by atoms with Crippen molar-refractivity contribution in [1.82, 2.24) is 14.9 Å². The molecule has 20 heavy (non-hydrogen) atoms. The number of nitrogens with one attached hydrogen (secondary N) is 1. The van der Waals surface area contributed by atoms with Gasteiger partial charge in [-0.2, -0.15) is 0 Å². The summed E-state index contributed by atoms with van der Waals surface area (Å²) in [6.07, 6.45) is 6.54. The molecule has 1 aliphatic heterocycles. The summed E-state index contributed by atoms with van der Waals surface area (Å²) in [6, 6.07) is 8.82. The first-order valence-corrected chi connectivity index (χ1v) is 6.98. The zero-order valence-corrected chi connectivity index (χ0v) is 11.7. The lowest BCUT2D eigenvalue weighted by molar-refractivity contribution is 0.341. The molecule has 1 unspecified atom stereocenters. The molecule has 100 valence electrons. The quantitative estimate of drug-likeness (QED) is 0.681. The van der Waals surface area contributed by atoms with Crippen LogP contribution in [0.15, 0.2) is 42.6 Å². The van der Waals surface area contributed by atoms with Crippen molar-refractivity contribution in [2.45, 2.75) is 13.0 Å². The Morgan fingerprint density at radius 2 is 2.15 bits per heavy atom. The highest BCUT2D eigenvalue weighted by Crippen LogP contribution is 2.35. The second kappa shape index (κ2) is 4.18. The Morgan fingerprint density at radius 3 is 2.95 bits per heavy atom. The second-order valence-electron chi connectivity index (χ2n) is 5.53. The van der Waals surface area contributed by atoms with Crippen LogP contribution in [0.25, 0.3) is 21.8 Å². The molecule has 4 rings (SSSR count). The van der Waals surface area contributed by atoms with Gasteiger partial charge in [0.25, 0.3) is 0 Å². The van der Waals surface area contributed by atoms with Gasteiger partial charge in [0.1, 0.15) is 0 Å². The van der Waals surface area contributed by atoms with Crippen molar-refractivity contribution >= 4 is 21.8 Å². The number of benzene rings is 1. The van der Waals surface area contributed by atoms with E-state index in [2.05, 4.69) is 65.3 Å². The van der Waals surface area contributed by atoms with Gasteiger partial charge in [-0.05, 0) is 20.0 Å². The van der Waals surface area contributed by atoms with Crippen molar-refractivity contribution in [2.75, 3.05) is 13.6 Å². The summed E-state index contributed by atoms with van der Waals surface area (Å²) in [7, 11) is 2.16. The van der Waals surface area contributed by atoms with E-state index in [1.54, 1.807) is 0 Å². The van der Waals surface area contributed by atoms with Gasteiger partial charge in [-0.25, -0.2) is 0 Å². The van der Waals surface area contributed by atoms with E-state index in [0.29, 0.717) is 6.04 Å². The van der Waals surface area contributed by atoms with Gasteiger partial charge in [0, 0.05) is 34.6 Å². The minimum Gasteiger partial charge on any atom is -0.353 e. The van der Waals surface area contributed by atoms with Gasteiger partial charge in [0.2, 0.25) is 0 Å². The Hall–Kier alpha value is -2.13. The van der Waals surface area contributed by atoms with E-state index in [0.717, 1.165) is 17.8 Å². The molecule has 0 saturated carbocycles. The Kier molecular flexibility index (Phi) is 2.44. The van der Waals surface area contributed by atoms with E-state index in [1.165, 1.54) is 21.9 Å². The molecule has 3 heterocycles. The topological polar surface area (TPSA) is 31.9 Å². The second-order valence-corrected chi connectivity index (χ2v) is 5.53. The average Bonchev–Trinajstić information content (AvgIpc) is 3.04. The van der Waals surface area contributed by atoms with Gasteiger partial charge in [-0.15, -0.1) is 0 Å². The van der Waals surface area contributed by atoms with E-state index in [-0.39, 0.29) is 0 Å². The van der Waals surface area contributed by atoms with Crippen molar-refractivity contribution < 1.29 is 0 Å². The lowest BCUT2D eigenvalue weighted by Gasteiger charge is -2.20. The first-order chi connectivity index (χ1) is 9.75. The molecular formula is C17H17N3. The van der Waals surface area contributed by atoms with Gasteiger partial charge in [-0.1, -0.05) is 30.4 Å². The molecule has 1 N–H and O–H groups in total. The maximum absolute atomic E-state index is 4.59. The minimum atomic E-state index is 0.324. The zero-order chi connectivity index (χ0) is 13.7. The van der Waals surface area contributed by atoms with Crippen LogP contribution in [-0.4, -0.2) is 28.5 Å². The molecule has 0 amide bonds. The number of hydrogen-bond donors (Lipinski definition) is 1. The van der Waals surface area contributed by atoms with Gasteiger partial charge in [0.15, 0.2) is 0 Å². The molecule has 1 atom stereocenters. The molecule has 1 aliphatic rings. The summed E-state index contributed by atoms with van der Waals surface area (Å²) in [5.41, 5.74) is 4.70. The molecule has 0 spiro atoms. The van der Waals surface area contributed by atoms with Crippen LogP contribution in [0.5, 0.6) is 0 Å². The number of aromatic nitrogens is 2. The minimum absolute atomic E-state index is 0.324. The SMILES string of the molecule is Cc1ncc(C2C=CCN2C)c2c1[nH]c1ccccc12. The molecule has 0 saturated heterocycles. The molecule has 0 radical (unpaired) electrons. The predicted octanol–water partition coefficient (Wildman–Crippen LogP) is 3.57. The lowest BCUT2D eigenvalue weighted by atomic mass is 10.0. The number of nitrogens with zero attached hydrogens (tertiary/aromatic N) is 2. The van der Waals surface area contributed by atoms with E-state index in [9.17, 15) is 0 Å². The molecule has 2 aromatic heterocycles. The third-order valence-electron chi connectivity index (χ3n) is 4.26. The third-order valence-corrected chi connectivity index (χ3v) is 4.26. The number of rotatable bonds is 1. The highest BCUT2D eigenvalue weighted by molar-refractivity contribution is 6.09. The fraction of sp³-hybridized carbons (Fsp3) is 0.235. The van der Waals surface area contributed by atoms with E-state index < -0.39 is 0 Å². The summed E-state index contributed by atoms with van der Waals surface area (Å²) in [5, 5.41) is 2.60. The van der Waals surface area contributed by atoms with Gasteiger partial charge in [-0.3, -0.25) is 9.88 Å². The monoisotopic (exact) mass is 263 g/mol. The largest absolute Gasteiger partial charge is 0.353 e. The fourth-order valence-corrected chi connectivity index (χ4v) is 3.19. The highest BCUT2D eigenvalue weighted by atomic mass is 15.1. The van der Waals surface area contributed by atoms with Crippen LogP contribution in [0.2, 0.25) is 0 Å². The Morgan fingerprint density at radius 1 is 1.30 bits per heavy atom. The normalized spacial score (nSPS) is 19.4. The number of para-hydroxylation sites is 1. The van der Waals surface area contributed by atoms with Crippen LogP contribution < -0.4 is 0 Å². The Bertz CT molecular complexity index is 829. The number of pyridine rings is 1. The maximum Gasteiger partial charge on any atom is 0.0684 e. The summed E-state index contributed by atoms with van der Waals surface area (Å²) < 4.78 is 0. The fourth-order valence-electron chi connectivity index (χ4n) is 3.19. The molecule has 0 fully saturated rings. The molecule has 0 aliphatic carbocycles. The van der Waals surface area contributed by atoms with Gasteiger partial charge >= 0.3 is 0 Å². The third kappa shape index (κ3) is 1.53. The van der Waals surface area contributed by atoms with Crippen LogP contribution in [0.4, 0.5) is 0 Å². The number of fused-ring (bicyclic) bond motifs is 3. The smallest absolute Gasteiger partial charge is 0.0684 e. The number of aromatic amines is 1. The number of aryl methyl sites for hydroxylation is 1.